The minimum absolute atomic E-state index is 0.217. The third-order valence-corrected chi connectivity index (χ3v) is 5.47. The highest BCUT2D eigenvalue weighted by Crippen LogP contribution is 2.57. The lowest BCUT2D eigenvalue weighted by Crippen LogP contribution is -2.49. The highest BCUT2D eigenvalue weighted by molar-refractivity contribution is 5.43. The molecule has 4 aliphatic rings. The van der Waals surface area contributed by atoms with Crippen molar-refractivity contribution in [1.29, 1.82) is 0 Å². The van der Waals surface area contributed by atoms with Gasteiger partial charge in [0.2, 0.25) is 0 Å². The lowest BCUT2D eigenvalue weighted by molar-refractivity contribution is 0.00199. The largest absolute Gasteiger partial charge is 0.221 e. The van der Waals surface area contributed by atoms with E-state index in [1.54, 1.807) is 0 Å². The Balaban J connectivity index is 1.47. The third-order valence-electron chi connectivity index (χ3n) is 5.47. The molecular weight excluding hydrogens is 244 g/mol. The molecule has 104 valence electrons. The third kappa shape index (κ3) is 2.33. The van der Waals surface area contributed by atoms with Crippen molar-refractivity contribution in [2.24, 2.45) is 27.7 Å². The van der Waals surface area contributed by atoms with Gasteiger partial charge in [0, 0.05) is 0 Å². The summed E-state index contributed by atoms with van der Waals surface area (Å²) >= 11 is 0. The van der Waals surface area contributed by atoms with Crippen molar-refractivity contribution in [2.45, 2.75) is 50.6 Å². The molecule has 4 fully saturated rings. The number of nitrogens with zero attached hydrogens (tertiary/aromatic N) is 2. The van der Waals surface area contributed by atoms with Crippen molar-refractivity contribution in [1.82, 2.24) is 0 Å². The molecule has 0 radical (unpaired) electrons. The molecule has 5 rings (SSSR count). The lowest BCUT2D eigenvalue weighted by Gasteiger charge is -2.54. The normalized spacial score (nSPS) is 37.5. The van der Waals surface area contributed by atoms with Crippen LogP contribution in [0.15, 0.2) is 40.3 Å². The SMILES string of the molecule is C(=NCc1ccccc1)=NC12CC3CC(CC(C3)C1)C2. The van der Waals surface area contributed by atoms with Gasteiger partial charge in [0.05, 0.1) is 18.1 Å². The zero-order chi connectivity index (χ0) is 13.4. The Kier molecular flexibility index (Phi) is 3.00. The monoisotopic (exact) mass is 266 g/mol. The van der Waals surface area contributed by atoms with Gasteiger partial charge < -0.3 is 0 Å². The van der Waals surface area contributed by atoms with Crippen molar-refractivity contribution >= 4 is 6.01 Å². The first-order valence-electron chi connectivity index (χ1n) is 7.99. The van der Waals surface area contributed by atoms with E-state index >= 15 is 0 Å². The fourth-order valence-corrected chi connectivity index (χ4v) is 5.05. The predicted molar refractivity (Wildman–Crippen MR) is 80.9 cm³/mol. The Morgan fingerprint density at radius 1 is 0.950 bits per heavy atom. The average molecular weight is 266 g/mol. The second-order valence-electron chi connectivity index (χ2n) is 7.16. The Bertz CT molecular complexity index is 505. The van der Waals surface area contributed by atoms with E-state index in [9.17, 15) is 0 Å². The summed E-state index contributed by atoms with van der Waals surface area (Å²) < 4.78 is 0. The van der Waals surface area contributed by atoms with Gasteiger partial charge in [-0.05, 0) is 61.8 Å². The number of rotatable bonds is 3. The van der Waals surface area contributed by atoms with Gasteiger partial charge in [-0.2, -0.15) is 0 Å². The molecule has 2 heteroatoms. The molecule has 4 saturated carbocycles. The van der Waals surface area contributed by atoms with Crippen LogP contribution in [0.5, 0.6) is 0 Å². The fraction of sp³-hybridized carbons (Fsp3) is 0.611. The van der Waals surface area contributed by atoms with E-state index in [1.807, 2.05) is 6.07 Å². The van der Waals surface area contributed by atoms with Crippen molar-refractivity contribution in [2.75, 3.05) is 0 Å². The summed E-state index contributed by atoms with van der Waals surface area (Å²) in [4.78, 5) is 9.22. The van der Waals surface area contributed by atoms with Crippen molar-refractivity contribution in [3.63, 3.8) is 0 Å². The zero-order valence-electron chi connectivity index (χ0n) is 12.0. The second kappa shape index (κ2) is 4.86. The van der Waals surface area contributed by atoms with Gasteiger partial charge in [-0.3, -0.25) is 0 Å². The molecule has 1 aromatic rings. The first-order valence-corrected chi connectivity index (χ1v) is 7.99. The highest BCUT2D eigenvalue weighted by atomic mass is 14.9. The maximum atomic E-state index is 4.81. The molecule has 4 aliphatic carbocycles. The van der Waals surface area contributed by atoms with Gasteiger partial charge in [0.25, 0.3) is 0 Å². The average Bonchev–Trinajstić information content (AvgIpc) is 2.43. The van der Waals surface area contributed by atoms with Gasteiger partial charge in [-0.1, -0.05) is 30.3 Å². The van der Waals surface area contributed by atoms with E-state index in [-0.39, 0.29) is 5.54 Å². The molecule has 0 amide bonds. The summed E-state index contributed by atoms with van der Waals surface area (Å²) in [6.45, 7) is 0.705. The summed E-state index contributed by atoms with van der Waals surface area (Å²) in [6.07, 6.45) is 8.30. The highest BCUT2D eigenvalue weighted by Gasteiger charge is 2.50. The van der Waals surface area contributed by atoms with Gasteiger partial charge in [-0.25, -0.2) is 9.98 Å². The molecule has 0 aliphatic heterocycles. The van der Waals surface area contributed by atoms with Crippen LogP contribution < -0.4 is 0 Å². The molecule has 0 aromatic heterocycles. The summed E-state index contributed by atoms with van der Waals surface area (Å²) in [5.74, 6) is 2.84. The van der Waals surface area contributed by atoms with Gasteiger partial charge in [0.1, 0.15) is 0 Å². The van der Waals surface area contributed by atoms with Crippen LogP contribution in [0.1, 0.15) is 44.1 Å². The van der Waals surface area contributed by atoms with Crippen LogP contribution in [-0.4, -0.2) is 11.5 Å². The summed E-state index contributed by atoms with van der Waals surface area (Å²) in [5, 5.41) is 0. The van der Waals surface area contributed by atoms with Gasteiger partial charge >= 0.3 is 0 Å². The van der Waals surface area contributed by atoms with Crippen LogP contribution in [0.4, 0.5) is 0 Å². The molecule has 2 nitrogen and oxygen atoms in total. The van der Waals surface area contributed by atoms with Crippen molar-refractivity contribution < 1.29 is 0 Å². The second-order valence-corrected chi connectivity index (χ2v) is 7.16. The fourth-order valence-electron chi connectivity index (χ4n) is 5.05. The molecule has 0 atom stereocenters. The smallest absolute Gasteiger partial charge is 0.0901 e. The first kappa shape index (κ1) is 12.3. The molecule has 0 N–H and O–H groups in total. The molecular formula is C18H22N2. The van der Waals surface area contributed by atoms with Crippen LogP contribution in [0.2, 0.25) is 0 Å². The maximum Gasteiger partial charge on any atom is 0.0901 e. The van der Waals surface area contributed by atoms with Crippen LogP contribution in [0, 0.1) is 17.8 Å². The Hall–Kier alpha value is -1.40. The summed E-state index contributed by atoms with van der Waals surface area (Å²) in [7, 11) is 0. The Labute approximate surface area is 121 Å². The minimum atomic E-state index is 0.217. The van der Waals surface area contributed by atoms with E-state index in [0.29, 0.717) is 6.54 Å². The van der Waals surface area contributed by atoms with Crippen molar-refractivity contribution in [3.8, 4) is 0 Å². The molecule has 4 bridgehead atoms. The van der Waals surface area contributed by atoms with Crippen LogP contribution in [-0.2, 0) is 6.54 Å². The van der Waals surface area contributed by atoms with Crippen LogP contribution in [0.25, 0.3) is 0 Å². The van der Waals surface area contributed by atoms with Gasteiger partial charge in [0.15, 0.2) is 0 Å². The summed E-state index contributed by atoms with van der Waals surface area (Å²) in [5.41, 5.74) is 1.45. The van der Waals surface area contributed by atoms with Gasteiger partial charge in [-0.15, -0.1) is 0 Å². The maximum absolute atomic E-state index is 4.81. The topological polar surface area (TPSA) is 24.7 Å². The molecule has 0 saturated heterocycles. The first-order chi connectivity index (χ1) is 9.81. The zero-order valence-corrected chi connectivity index (χ0v) is 12.0. The molecule has 0 unspecified atom stereocenters. The summed E-state index contributed by atoms with van der Waals surface area (Å²) in [6, 6.07) is 13.4. The molecule has 0 spiro atoms. The van der Waals surface area contributed by atoms with Crippen LogP contribution in [0.3, 0.4) is 0 Å². The van der Waals surface area contributed by atoms with E-state index in [1.165, 1.54) is 44.1 Å². The number of hydrogen-bond donors (Lipinski definition) is 0. The minimum Gasteiger partial charge on any atom is -0.221 e. The van der Waals surface area contributed by atoms with E-state index in [4.69, 9.17) is 4.99 Å². The number of aliphatic imine (C=N–C) groups is 2. The van der Waals surface area contributed by atoms with Crippen LogP contribution >= 0.6 is 0 Å². The van der Waals surface area contributed by atoms with Crippen molar-refractivity contribution in [3.05, 3.63) is 35.9 Å². The van der Waals surface area contributed by atoms with E-state index < -0.39 is 0 Å². The standard InChI is InChI=1S/C18H22N2/c1-2-4-14(5-3-1)12-19-13-20-18-9-15-6-16(10-18)8-17(7-15)11-18/h1-5,15-17H,6-12H2. The molecule has 20 heavy (non-hydrogen) atoms. The predicted octanol–water partition coefficient (Wildman–Crippen LogP) is 4.33. The Morgan fingerprint density at radius 2 is 1.55 bits per heavy atom. The molecule has 1 aromatic carbocycles. The van der Waals surface area contributed by atoms with E-state index in [0.717, 1.165) is 17.8 Å². The number of benzene rings is 1. The quantitative estimate of drug-likeness (QED) is 0.728. The Morgan fingerprint density at radius 3 is 2.15 bits per heavy atom. The molecule has 0 heterocycles. The van der Waals surface area contributed by atoms with E-state index in [2.05, 4.69) is 35.3 Å². The number of hydrogen-bond acceptors (Lipinski definition) is 2. The lowest BCUT2D eigenvalue weighted by atomic mass is 9.53.